The highest BCUT2D eigenvalue weighted by atomic mass is 32.1. The highest BCUT2D eigenvalue weighted by Crippen LogP contribution is 2.34. The zero-order chi connectivity index (χ0) is 15.1. The van der Waals surface area contributed by atoms with Gasteiger partial charge in [0.2, 0.25) is 0 Å². The highest BCUT2D eigenvalue weighted by molar-refractivity contribution is 7.18. The first-order valence-electron chi connectivity index (χ1n) is 7.19. The topological polar surface area (TPSA) is 30.2 Å². The molecule has 4 aromatic rings. The maximum atomic E-state index is 4.75. The number of aromatic nitrogens is 3. The number of thiazole rings is 1. The molecule has 22 heavy (non-hydrogen) atoms. The summed E-state index contributed by atoms with van der Waals surface area (Å²) in [4.78, 5) is 10.6. The molecule has 0 atom stereocenters. The van der Waals surface area contributed by atoms with Crippen LogP contribution >= 0.6 is 11.3 Å². The zero-order valence-electron chi connectivity index (χ0n) is 12.4. The van der Waals surface area contributed by atoms with Gasteiger partial charge < -0.3 is 4.40 Å². The first-order chi connectivity index (χ1) is 10.7. The molecule has 4 rings (SSSR count). The largest absolute Gasteiger partial charge is 0.306 e. The van der Waals surface area contributed by atoms with E-state index in [1.165, 1.54) is 5.56 Å². The molecule has 1 aromatic carbocycles. The number of hydrogen-bond acceptors (Lipinski definition) is 3. The van der Waals surface area contributed by atoms with Crippen LogP contribution in [0.2, 0.25) is 0 Å². The minimum Gasteiger partial charge on any atom is -0.306 e. The van der Waals surface area contributed by atoms with Crippen molar-refractivity contribution in [2.24, 2.45) is 0 Å². The third kappa shape index (κ3) is 2.22. The van der Waals surface area contributed by atoms with E-state index in [-0.39, 0.29) is 0 Å². The number of hydrogen-bond donors (Lipinski definition) is 0. The Morgan fingerprint density at radius 3 is 2.64 bits per heavy atom. The normalized spacial score (nSPS) is 11.2. The Morgan fingerprint density at radius 1 is 1.00 bits per heavy atom. The maximum Gasteiger partial charge on any atom is 0.137 e. The molecule has 0 amide bonds. The van der Waals surface area contributed by atoms with E-state index in [0.717, 1.165) is 32.5 Å². The Bertz CT molecular complexity index is 951. The third-order valence-corrected chi connectivity index (χ3v) is 4.89. The van der Waals surface area contributed by atoms with Crippen LogP contribution in [-0.4, -0.2) is 14.4 Å². The van der Waals surface area contributed by atoms with Gasteiger partial charge >= 0.3 is 0 Å². The van der Waals surface area contributed by atoms with E-state index < -0.39 is 0 Å². The van der Waals surface area contributed by atoms with Crippen LogP contribution in [0.5, 0.6) is 0 Å². The SMILES string of the molecule is Cc1ccn2cc(-c3sc(-c4ccccc4)nc3C)nc2c1. The van der Waals surface area contributed by atoms with Crippen molar-refractivity contribution in [2.75, 3.05) is 0 Å². The third-order valence-electron chi connectivity index (χ3n) is 3.67. The second-order valence-electron chi connectivity index (χ2n) is 5.40. The summed E-state index contributed by atoms with van der Waals surface area (Å²) in [5, 5.41) is 1.04. The van der Waals surface area contributed by atoms with Crippen LogP contribution in [0.25, 0.3) is 26.8 Å². The monoisotopic (exact) mass is 305 g/mol. The molecule has 4 heteroatoms. The lowest BCUT2D eigenvalue weighted by atomic mass is 10.2. The van der Waals surface area contributed by atoms with Gasteiger partial charge in [-0.25, -0.2) is 9.97 Å². The van der Waals surface area contributed by atoms with Gasteiger partial charge in [0, 0.05) is 18.0 Å². The summed E-state index contributed by atoms with van der Waals surface area (Å²) in [6.45, 7) is 4.13. The summed E-state index contributed by atoms with van der Waals surface area (Å²) in [7, 11) is 0. The summed E-state index contributed by atoms with van der Waals surface area (Å²) in [6.07, 6.45) is 4.12. The minimum atomic E-state index is 0.976. The first-order valence-corrected chi connectivity index (χ1v) is 8.01. The minimum absolute atomic E-state index is 0.976. The van der Waals surface area contributed by atoms with Crippen LogP contribution in [0, 0.1) is 13.8 Å². The Hall–Kier alpha value is -2.46. The number of aryl methyl sites for hydroxylation is 2. The quantitative estimate of drug-likeness (QED) is 0.535. The second-order valence-corrected chi connectivity index (χ2v) is 6.39. The molecule has 0 bridgehead atoms. The molecule has 0 fully saturated rings. The molecule has 0 aliphatic rings. The average molecular weight is 305 g/mol. The van der Waals surface area contributed by atoms with E-state index in [4.69, 9.17) is 9.97 Å². The molecule has 0 aliphatic heterocycles. The van der Waals surface area contributed by atoms with Gasteiger partial charge in [-0.1, -0.05) is 30.3 Å². The lowest BCUT2D eigenvalue weighted by Gasteiger charge is -1.92. The van der Waals surface area contributed by atoms with E-state index in [9.17, 15) is 0 Å². The van der Waals surface area contributed by atoms with E-state index >= 15 is 0 Å². The molecular formula is C18H15N3S. The molecule has 3 nitrogen and oxygen atoms in total. The number of nitrogens with zero attached hydrogens (tertiary/aromatic N) is 3. The van der Waals surface area contributed by atoms with Crippen molar-refractivity contribution in [1.82, 2.24) is 14.4 Å². The number of pyridine rings is 1. The molecule has 108 valence electrons. The zero-order valence-corrected chi connectivity index (χ0v) is 13.3. The molecule has 0 saturated heterocycles. The van der Waals surface area contributed by atoms with Gasteiger partial charge in [-0.3, -0.25) is 0 Å². The van der Waals surface area contributed by atoms with Crippen molar-refractivity contribution >= 4 is 17.0 Å². The Labute approximate surface area is 132 Å². The van der Waals surface area contributed by atoms with Gasteiger partial charge in [-0.05, 0) is 31.5 Å². The summed E-state index contributed by atoms with van der Waals surface area (Å²) >= 11 is 1.70. The van der Waals surface area contributed by atoms with E-state index in [1.54, 1.807) is 11.3 Å². The molecule has 0 unspecified atom stereocenters. The molecular weight excluding hydrogens is 290 g/mol. The molecule has 0 saturated carbocycles. The van der Waals surface area contributed by atoms with Crippen molar-refractivity contribution in [2.45, 2.75) is 13.8 Å². The van der Waals surface area contributed by atoms with Crippen molar-refractivity contribution in [3.8, 4) is 21.1 Å². The van der Waals surface area contributed by atoms with Crippen LogP contribution in [0.15, 0.2) is 54.9 Å². The smallest absolute Gasteiger partial charge is 0.137 e. The van der Waals surface area contributed by atoms with E-state index in [0.29, 0.717) is 0 Å². The van der Waals surface area contributed by atoms with E-state index in [1.807, 2.05) is 25.1 Å². The van der Waals surface area contributed by atoms with Crippen LogP contribution in [-0.2, 0) is 0 Å². The first kappa shape index (κ1) is 13.2. The molecule has 3 aromatic heterocycles. The maximum absolute atomic E-state index is 4.75. The van der Waals surface area contributed by atoms with Crippen molar-refractivity contribution < 1.29 is 0 Å². The lowest BCUT2D eigenvalue weighted by Crippen LogP contribution is -1.81. The standard InChI is InChI=1S/C18H15N3S/c1-12-8-9-21-11-15(20-16(21)10-12)17-13(2)19-18(22-17)14-6-4-3-5-7-14/h3-11H,1-2H3. The summed E-state index contributed by atoms with van der Waals surface area (Å²) in [6, 6.07) is 14.5. The number of rotatable bonds is 2. The summed E-state index contributed by atoms with van der Waals surface area (Å²) in [5.74, 6) is 0. The van der Waals surface area contributed by atoms with Gasteiger partial charge in [0.15, 0.2) is 0 Å². The molecule has 0 radical (unpaired) electrons. The number of fused-ring (bicyclic) bond motifs is 1. The predicted molar refractivity (Wildman–Crippen MR) is 91.2 cm³/mol. The Morgan fingerprint density at radius 2 is 1.82 bits per heavy atom. The molecule has 3 heterocycles. The van der Waals surface area contributed by atoms with Crippen molar-refractivity contribution in [3.05, 3.63) is 66.1 Å². The molecule has 0 spiro atoms. The fraction of sp³-hybridized carbons (Fsp3) is 0.111. The van der Waals surface area contributed by atoms with Gasteiger partial charge in [0.25, 0.3) is 0 Å². The fourth-order valence-electron chi connectivity index (χ4n) is 2.53. The Balaban J connectivity index is 1.83. The molecule has 0 N–H and O–H groups in total. The second kappa shape index (κ2) is 5.07. The van der Waals surface area contributed by atoms with Crippen LogP contribution < -0.4 is 0 Å². The summed E-state index contributed by atoms with van der Waals surface area (Å²) in [5.41, 5.74) is 5.37. The lowest BCUT2D eigenvalue weighted by molar-refractivity contribution is 1.17. The van der Waals surface area contributed by atoms with Gasteiger partial charge in [-0.15, -0.1) is 11.3 Å². The van der Waals surface area contributed by atoms with Crippen molar-refractivity contribution in [3.63, 3.8) is 0 Å². The van der Waals surface area contributed by atoms with Crippen LogP contribution in [0.4, 0.5) is 0 Å². The van der Waals surface area contributed by atoms with Gasteiger partial charge in [0.1, 0.15) is 16.3 Å². The van der Waals surface area contributed by atoms with Crippen molar-refractivity contribution in [1.29, 1.82) is 0 Å². The fourth-order valence-corrected chi connectivity index (χ4v) is 3.56. The average Bonchev–Trinajstić information content (AvgIpc) is 3.11. The number of imidazole rings is 1. The molecule has 0 aliphatic carbocycles. The highest BCUT2D eigenvalue weighted by Gasteiger charge is 2.14. The summed E-state index contributed by atoms with van der Waals surface area (Å²) < 4.78 is 2.06. The van der Waals surface area contributed by atoms with E-state index in [2.05, 4.69) is 48.0 Å². The predicted octanol–water partition coefficient (Wildman–Crippen LogP) is 4.74. The van der Waals surface area contributed by atoms with Crippen LogP contribution in [0.3, 0.4) is 0 Å². The van der Waals surface area contributed by atoms with Crippen LogP contribution in [0.1, 0.15) is 11.3 Å². The van der Waals surface area contributed by atoms with Gasteiger partial charge in [-0.2, -0.15) is 0 Å². The number of benzene rings is 1. The Kier molecular flexibility index (Phi) is 3.05. The van der Waals surface area contributed by atoms with Gasteiger partial charge in [0.05, 0.1) is 10.6 Å².